The van der Waals surface area contributed by atoms with Crippen LogP contribution in [0, 0.1) is 5.82 Å². The summed E-state index contributed by atoms with van der Waals surface area (Å²) in [5.74, 6) is -2.07. The van der Waals surface area contributed by atoms with Crippen LogP contribution in [0.1, 0.15) is 0 Å². The van der Waals surface area contributed by atoms with Crippen LogP contribution >= 0.6 is 0 Å². The molecule has 0 unspecified atom stereocenters. The van der Waals surface area contributed by atoms with Crippen molar-refractivity contribution >= 4 is 11.7 Å². The van der Waals surface area contributed by atoms with Gasteiger partial charge in [0.1, 0.15) is 5.82 Å². The third-order valence-corrected chi connectivity index (χ3v) is 1.35. The number of carboxylic acids is 1. The lowest BCUT2D eigenvalue weighted by molar-refractivity contribution is -0.141. The summed E-state index contributed by atoms with van der Waals surface area (Å²) in [4.78, 5) is 10.1. The molecule has 1 rings (SSSR count). The standard InChI is InChI=1S/C8H7F2NO2/c9-5-1-3-6(4-2-5)11-7(10)8(12)13/h1-4,7,11H,(H,12,13)/t7-/m1/s1. The van der Waals surface area contributed by atoms with E-state index < -0.39 is 18.1 Å². The number of halogens is 2. The predicted octanol–water partition coefficient (Wildman–Crippen LogP) is 1.62. The largest absolute Gasteiger partial charge is 0.478 e. The first-order chi connectivity index (χ1) is 6.09. The topological polar surface area (TPSA) is 49.3 Å². The van der Waals surface area contributed by atoms with Crippen molar-refractivity contribution in [1.82, 2.24) is 0 Å². The Morgan fingerprint density at radius 3 is 2.38 bits per heavy atom. The fourth-order valence-corrected chi connectivity index (χ4v) is 0.754. The van der Waals surface area contributed by atoms with E-state index in [0.29, 0.717) is 0 Å². The molecule has 0 saturated heterocycles. The van der Waals surface area contributed by atoms with Gasteiger partial charge in [0.25, 0.3) is 6.30 Å². The summed E-state index contributed by atoms with van der Waals surface area (Å²) in [6, 6.07) is 4.73. The van der Waals surface area contributed by atoms with E-state index in [-0.39, 0.29) is 5.69 Å². The van der Waals surface area contributed by atoms with E-state index in [1.807, 2.05) is 5.32 Å². The van der Waals surface area contributed by atoms with Crippen LogP contribution < -0.4 is 5.32 Å². The zero-order valence-corrected chi connectivity index (χ0v) is 6.50. The Morgan fingerprint density at radius 1 is 1.38 bits per heavy atom. The van der Waals surface area contributed by atoms with Gasteiger partial charge in [-0.05, 0) is 24.3 Å². The minimum Gasteiger partial charge on any atom is -0.478 e. The van der Waals surface area contributed by atoms with Crippen molar-refractivity contribution in [2.45, 2.75) is 6.30 Å². The molecule has 0 aliphatic rings. The summed E-state index contributed by atoms with van der Waals surface area (Å²) in [5, 5.41) is 10.2. The zero-order chi connectivity index (χ0) is 9.84. The van der Waals surface area contributed by atoms with Crippen LogP contribution in [0.2, 0.25) is 0 Å². The van der Waals surface area contributed by atoms with Gasteiger partial charge in [0.15, 0.2) is 0 Å². The Kier molecular flexibility index (Phi) is 2.79. The summed E-state index contributed by atoms with van der Waals surface area (Å²) in [5.41, 5.74) is 0.219. The molecule has 0 radical (unpaired) electrons. The normalized spacial score (nSPS) is 12.2. The Labute approximate surface area is 73.0 Å². The molecule has 13 heavy (non-hydrogen) atoms. The molecule has 0 aliphatic carbocycles. The molecule has 3 nitrogen and oxygen atoms in total. The van der Waals surface area contributed by atoms with Gasteiger partial charge in [-0.3, -0.25) is 0 Å². The molecule has 0 bridgehead atoms. The van der Waals surface area contributed by atoms with E-state index in [0.717, 1.165) is 12.1 Å². The van der Waals surface area contributed by atoms with Crippen LogP contribution in [0.5, 0.6) is 0 Å². The van der Waals surface area contributed by atoms with E-state index in [4.69, 9.17) is 5.11 Å². The monoisotopic (exact) mass is 187 g/mol. The van der Waals surface area contributed by atoms with Crippen LogP contribution in [0.3, 0.4) is 0 Å². The highest BCUT2D eigenvalue weighted by Crippen LogP contribution is 2.09. The maximum absolute atomic E-state index is 12.5. The Balaban J connectivity index is 2.64. The van der Waals surface area contributed by atoms with Gasteiger partial charge in [-0.15, -0.1) is 0 Å². The number of hydrogen-bond donors (Lipinski definition) is 2. The number of anilines is 1. The smallest absolute Gasteiger partial charge is 0.359 e. The molecule has 70 valence electrons. The molecular weight excluding hydrogens is 180 g/mol. The number of hydrogen-bond acceptors (Lipinski definition) is 2. The third kappa shape index (κ3) is 2.70. The predicted molar refractivity (Wildman–Crippen MR) is 42.6 cm³/mol. The zero-order valence-electron chi connectivity index (χ0n) is 6.50. The summed E-state index contributed by atoms with van der Waals surface area (Å²) >= 11 is 0. The van der Waals surface area contributed by atoms with Crippen LogP contribution in [0.25, 0.3) is 0 Å². The number of benzene rings is 1. The van der Waals surface area contributed by atoms with E-state index in [9.17, 15) is 13.6 Å². The molecule has 1 aromatic rings. The van der Waals surface area contributed by atoms with Gasteiger partial charge in [-0.25, -0.2) is 13.6 Å². The quantitative estimate of drug-likeness (QED) is 0.707. The number of alkyl halides is 1. The van der Waals surface area contributed by atoms with Crippen molar-refractivity contribution < 1.29 is 18.7 Å². The average Bonchev–Trinajstić information content (AvgIpc) is 2.08. The second-order valence-electron chi connectivity index (χ2n) is 2.35. The highest BCUT2D eigenvalue weighted by atomic mass is 19.1. The van der Waals surface area contributed by atoms with E-state index in [1.54, 1.807) is 0 Å². The average molecular weight is 187 g/mol. The van der Waals surface area contributed by atoms with Crippen molar-refractivity contribution in [3.05, 3.63) is 30.1 Å². The molecule has 0 amide bonds. The Morgan fingerprint density at radius 2 is 1.92 bits per heavy atom. The second kappa shape index (κ2) is 3.84. The molecule has 1 atom stereocenters. The summed E-state index contributed by atoms with van der Waals surface area (Å²) in [7, 11) is 0. The van der Waals surface area contributed by atoms with E-state index in [2.05, 4.69) is 0 Å². The Bertz CT molecular complexity index is 300. The minimum atomic E-state index is -2.18. The Hall–Kier alpha value is -1.65. The fourth-order valence-electron chi connectivity index (χ4n) is 0.754. The molecule has 0 aliphatic heterocycles. The first-order valence-electron chi connectivity index (χ1n) is 3.48. The lowest BCUT2D eigenvalue weighted by atomic mass is 10.3. The summed E-state index contributed by atoms with van der Waals surface area (Å²) in [6.07, 6.45) is -2.18. The maximum Gasteiger partial charge on any atom is 0.359 e. The van der Waals surface area contributed by atoms with Crippen LogP contribution in [-0.4, -0.2) is 17.4 Å². The van der Waals surface area contributed by atoms with Gasteiger partial charge in [0.2, 0.25) is 0 Å². The van der Waals surface area contributed by atoms with Gasteiger partial charge in [-0.2, -0.15) is 0 Å². The van der Waals surface area contributed by atoms with Gasteiger partial charge >= 0.3 is 5.97 Å². The molecule has 0 fully saturated rings. The molecule has 0 spiro atoms. The lowest BCUT2D eigenvalue weighted by Crippen LogP contribution is -2.23. The van der Waals surface area contributed by atoms with Gasteiger partial charge in [0.05, 0.1) is 0 Å². The van der Waals surface area contributed by atoms with Crippen molar-refractivity contribution in [2.75, 3.05) is 5.32 Å². The van der Waals surface area contributed by atoms with Gasteiger partial charge < -0.3 is 10.4 Å². The van der Waals surface area contributed by atoms with Crippen molar-refractivity contribution in [1.29, 1.82) is 0 Å². The fraction of sp³-hybridized carbons (Fsp3) is 0.125. The van der Waals surface area contributed by atoms with Gasteiger partial charge in [0, 0.05) is 5.69 Å². The van der Waals surface area contributed by atoms with Crippen molar-refractivity contribution in [3.8, 4) is 0 Å². The van der Waals surface area contributed by atoms with Crippen molar-refractivity contribution in [3.63, 3.8) is 0 Å². The SMILES string of the molecule is O=C(O)[C@H](F)Nc1ccc(F)cc1. The number of nitrogens with one attached hydrogen (secondary N) is 1. The van der Waals surface area contributed by atoms with Gasteiger partial charge in [-0.1, -0.05) is 0 Å². The molecule has 5 heteroatoms. The van der Waals surface area contributed by atoms with E-state index in [1.165, 1.54) is 12.1 Å². The third-order valence-electron chi connectivity index (χ3n) is 1.35. The van der Waals surface area contributed by atoms with Crippen molar-refractivity contribution in [2.24, 2.45) is 0 Å². The number of carbonyl (C=O) groups is 1. The van der Waals surface area contributed by atoms with E-state index >= 15 is 0 Å². The number of aliphatic carboxylic acids is 1. The summed E-state index contributed by atoms with van der Waals surface area (Å²) < 4.78 is 24.9. The summed E-state index contributed by atoms with van der Waals surface area (Å²) in [6.45, 7) is 0. The highest BCUT2D eigenvalue weighted by Gasteiger charge is 2.14. The number of rotatable bonds is 3. The lowest BCUT2D eigenvalue weighted by Gasteiger charge is -2.06. The van der Waals surface area contributed by atoms with Crippen LogP contribution in [-0.2, 0) is 4.79 Å². The molecule has 2 N–H and O–H groups in total. The molecular formula is C8H7F2NO2. The second-order valence-corrected chi connectivity index (χ2v) is 2.35. The first-order valence-corrected chi connectivity index (χ1v) is 3.48. The maximum atomic E-state index is 12.5. The molecule has 0 aromatic heterocycles. The molecule has 0 heterocycles. The minimum absolute atomic E-state index is 0.219. The number of carboxylic acid groups (broad SMARTS) is 1. The molecule has 0 saturated carbocycles. The highest BCUT2D eigenvalue weighted by molar-refractivity contribution is 5.75. The van der Waals surface area contributed by atoms with Crippen LogP contribution in [0.4, 0.5) is 14.5 Å². The molecule has 1 aromatic carbocycles. The van der Waals surface area contributed by atoms with Crippen LogP contribution in [0.15, 0.2) is 24.3 Å². The first kappa shape index (κ1) is 9.44.